The zero-order valence-electron chi connectivity index (χ0n) is 15.9. The fraction of sp³-hybridized carbons (Fsp3) is 0.833. The smallest absolute Gasteiger partial charge is 0.321 e. The molecule has 25 heavy (non-hydrogen) atoms. The van der Waals surface area contributed by atoms with E-state index >= 15 is 0 Å². The van der Waals surface area contributed by atoms with Gasteiger partial charge in [-0.15, -0.1) is 0 Å². The summed E-state index contributed by atoms with van der Waals surface area (Å²) in [4.78, 5) is 37.9. The van der Waals surface area contributed by atoms with Crippen LogP contribution in [-0.2, 0) is 9.59 Å². The van der Waals surface area contributed by atoms with Gasteiger partial charge in [-0.05, 0) is 32.6 Å². The molecule has 0 spiro atoms. The number of carbonyl (C=O) groups excluding carboxylic acids is 3. The topological polar surface area (TPSA) is 90.5 Å². The maximum atomic E-state index is 12.2. The Kier molecular flexibility index (Phi) is 10.1. The van der Waals surface area contributed by atoms with Crippen LogP contribution in [0.3, 0.4) is 0 Å². The average Bonchev–Trinajstić information content (AvgIpc) is 2.57. The van der Waals surface area contributed by atoms with Crippen LogP contribution in [-0.4, -0.2) is 55.0 Å². The van der Waals surface area contributed by atoms with Crippen LogP contribution in [0.2, 0.25) is 0 Å². The highest BCUT2D eigenvalue weighted by Crippen LogP contribution is 2.21. The van der Waals surface area contributed by atoms with E-state index in [-0.39, 0.29) is 30.3 Å². The molecule has 2 atom stereocenters. The first-order valence-electron chi connectivity index (χ1n) is 9.57. The van der Waals surface area contributed by atoms with Crippen LogP contribution < -0.4 is 16.0 Å². The van der Waals surface area contributed by atoms with E-state index < -0.39 is 6.03 Å². The van der Waals surface area contributed by atoms with E-state index in [1.54, 1.807) is 0 Å². The van der Waals surface area contributed by atoms with Crippen LogP contribution in [0.4, 0.5) is 4.79 Å². The zero-order valence-corrected chi connectivity index (χ0v) is 15.9. The molecule has 4 amide bonds. The fourth-order valence-corrected chi connectivity index (χ4v) is 2.92. The van der Waals surface area contributed by atoms with Gasteiger partial charge < -0.3 is 10.6 Å². The fourth-order valence-electron chi connectivity index (χ4n) is 2.92. The summed E-state index contributed by atoms with van der Waals surface area (Å²) in [5.74, 6) is -0.338. The number of piperidine rings is 1. The lowest BCUT2D eigenvalue weighted by Crippen LogP contribution is -2.51. The summed E-state index contributed by atoms with van der Waals surface area (Å²) in [6.07, 6.45) is 5.63. The molecular formula is C18H34N4O3. The number of rotatable bonds is 9. The van der Waals surface area contributed by atoms with Gasteiger partial charge in [0.25, 0.3) is 0 Å². The number of carbonyl (C=O) groups is 3. The minimum absolute atomic E-state index is 0.0723. The van der Waals surface area contributed by atoms with Gasteiger partial charge in [-0.3, -0.25) is 19.8 Å². The van der Waals surface area contributed by atoms with Crippen molar-refractivity contribution in [2.75, 3.05) is 26.2 Å². The molecule has 0 aromatic rings. The molecule has 1 heterocycles. The average molecular weight is 354 g/mol. The highest BCUT2D eigenvalue weighted by Gasteiger charge is 2.30. The van der Waals surface area contributed by atoms with Gasteiger partial charge in [0.1, 0.15) is 0 Å². The Balaban J connectivity index is 2.40. The Morgan fingerprint density at radius 1 is 1.00 bits per heavy atom. The van der Waals surface area contributed by atoms with Crippen LogP contribution in [0.25, 0.3) is 0 Å². The van der Waals surface area contributed by atoms with Gasteiger partial charge in [-0.1, -0.05) is 26.7 Å². The normalized spacial score (nSPS) is 20.8. The number of nitrogens with zero attached hydrogens (tertiary/aromatic N) is 1. The third kappa shape index (κ3) is 8.34. The van der Waals surface area contributed by atoms with E-state index in [9.17, 15) is 14.4 Å². The van der Waals surface area contributed by atoms with Gasteiger partial charge in [-0.25, -0.2) is 4.79 Å². The van der Waals surface area contributed by atoms with Crippen molar-refractivity contribution in [1.82, 2.24) is 20.9 Å². The van der Waals surface area contributed by atoms with Crippen LogP contribution in [0.5, 0.6) is 0 Å². The summed E-state index contributed by atoms with van der Waals surface area (Å²) in [5.41, 5.74) is 0. The van der Waals surface area contributed by atoms with Gasteiger partial charge in [-0.2, -0.15) is 0 Å². The van der Waals surface area contributed by atoms with Crippen molar-refractivity contribution in [2.24, 2.45) is 5.92 Å². The number of nitrogens with one attached hydrogen (secondary N) is 3. The Labute approximate surface area is 151 Å². The molecule has 3 N–H and O–H groups in total. The largest absolute Gasteiger partial charge is 0.356 e. The molecule has 1 saturated heterocycles. The first kappa shape index (κ1) is 21.4. The maximum absolute atomic E-state index is 12.2. The molecule has 0 radical (unpaired) electrons. The summed E-state index contributed by atoms with van der Waals surface area (Å²) in [5, 5.41) is 8.00. The number of amides is 4. The van der Waals surface area contributed by atoms with Gasteiger partial charge >= 0.3 is 6.03 Å². The summed E-state index contributed by atoms with van der Waals surface area (Å²) >= 11 is 0. The number of imide groups is 1. The highest BCUT2D eigenvalue weighted by atomic mass is 16.2. The summed E-state index contributed by atoms with van der Waals surface area (Å²) < 4.78 is 0. The van der Waals surface area contributed by atoms with Crippen LogP contribution in [0, 0.1) is 5.92 Å². The summed E-state index contributed by atoms with van der Waals surface area (Å²) in [7, 11) is 0. The van der Waals surface area contributed by atoms with Crippen molar-refractivity contribution in [3.63, 3.8) is 0 Å². The Bertz CT molecular complexity index is 442. The lowest BCUT2D eigenvalue weighted by Gasteiger charge is -2.36. The minimum Gasteiger partial charge on any atom is -0.356 e. The second-order valence-electron chi connectivity index (χ2n) is 6.85. The summed E-state index contributed by atoms with van der Waals surface area (Å²) in [6, 6.07) is -0.217. The molecule has 1 fully saturated rings. The minimum atomic E-state index is -0.447. The number of hydrogen-bond donors (Lipinski definition) is 3. The van der Waals surface area contributed by atoms with Gasteiger partial charge in [0, 0.05) is 25.7 Å². The predicted octanol–water partition coefficient (Wildman–Crippen LogP) is 1.63. The molecular weight excluding hydrogens is 320 g/mol. The number of unbranched alkanes of at least 4 members (excludes halogenated alkanes) is 2. The Morgan fingerprint density at radius 3 is 2.28 bits per heavy atom. The first-order valence-corrected chi connectivity index (χ1v) is 9.57. The van der Waals surface area contributed by atoms with Gasteiger partial charge in [0.05, 0.1) is 12.5 Å². The van der Waals surface area contributed by atoms with E-state index in [0.29, 0.717) is 19.6 Å². The molecule has 1 rings (SSSR count). The van der Waals surface area contributed by atoms with E-state index in [2.05, 4.69) is 29.8 Å². The highest BCUT2D eigenvalue weighted by molar-refractivity contribution is 5.95. The van der Waals surface area contributed by atoms with Gasteiger partial charge in [0.2, 0.25) is 11.8 Å². The number of likely N-dealkylation sites (tertiary alicyclic amines) is 1. The molecule has 2 unspecified atom stereocenters. The molecule has 7 heteroatoms. The lowest BCUT2D eigenvalue weighted by atomic mass is 9.92. The van der Waals surface area contributed by atoms with Crippen LogP contribution >= 0.6 is 0 Å². The number of hydrogen-bond acceptors (Lipinski definition) is 4. The quantitative estimate of drug-likeness (QED) is 0.549. The van der Waals surface area contributed by atoms with Gasteiger partial charge in [0.15, 0.2) is 0 Å². The van der Waals surface area contributed by atoms with E-state index in [0.717, 1.165) is 38.5 Å². The van der Waals surface area contributed by atoms with Crippen molar-refractivity contribution < 1.29 is 14.4 Å². The molecule has 0 aromatic heterocycles. The van der Waals surface area contributed by atoms with Crippen molar-refractivity contribution in [1.29, 1.82) is 0 Å². The van der Waals surface area contributed by atoms with E-state index in [1.807, 2.05) is 11.8 Å². The molecule has 1 aliphatic heterocycles. The second-order valence-corrected chi connectivity index (χ2v) is 6.85. The van der Waals surface area contributed by atoms with Crippen molar-refractivity contribution in [3.05, 3.63) is 0 Å². The Hall–Kier alpha value is -1.63. The zero-order chi connectivity index (χ0) is 18.7. The molecule has 0 bridgehead atoms. The molecule has 0 saturated carbocycles. The van der Waals surface area contributed by atoms with Crippen LogP contribution in [0.15, 0.2) is 0 Å². The van der Waals surface area contributed by atoms with Crippen LogP contribution in [0.1, 0.15) is 59.3 Å². The standard InChI is InChI=1S/C18H34N4O3/c1-4-6-10-19-17(24)15-9-8-14(3)22(12-15)13-16(23)21-18(25)20-11-7-5-2/h14-15H,4-13H2,1-3H3,(H,19,24)(H2,20,21,23,25). The molecule has 144 valence electrons. The third-order valence-corrected chi connectivity index (χ3v) is 4.63. The third-order valence-electron chi connectivity index (χ3n) is 4.63. The van der Waals surface area contributed by atoms with Crippen molar-refractivity contribution >= 4 is 17.8 Å². The lowest BCUT2D eigenvalue weighted by molar-refractivity contribution is -0.129. The molecule has 1 aliphatic rings. The van der Waals surface area contributed by atoms with E-state index in [4.69, 9.17) is 0 Å². The summed E-state index contributed by atoms with van der Waals surface area (Å²) in [6.45, 7) is 8.16. The number of urea groups is 1. The Morgan fingerprint density at radius 2 is 1.64 bits per heavy atom. The molecule has 0 aliphatic carbocycles. The van der Waals surface area contributed by atoms with Crippen molar-refractivity contribution in [3.8, 4) is 0 Å². The monoisotopic (exact) mass is 354 g/mol. The second kappa shape index (κ2) is 11.8. The maximum Gasteiger partial charge on any atom is 0.321 e. The molecule has 7 nitrogen and oxygen atoms in total. The molecule has 0 aromatic carbocycles. The first-order chi connectivity index (χ1) is 12.0. The van der Waals surface area contributed by atoms with Crippen molar-refractivity contribution in [2.45, 2.75) is 65.3 Å². The predicted molar refractivity (Wildman–Crippen MR) is 98.1 cm³/mol. The SMILES string of the molecule is CCCCNC(=O)NC(=O)CN1CC(C(=O)NCCCC)CCC1C. The van der Waals surface area contributed by atoms with E-state index in [1.165, 1.54) is 0 Å².